The van der Waals surface area contributed by atoms with Gasteiger partial charge in [0.1, 0.15) is 0 Å². The minimum Gasteiger partial charge on any atom is -0.438 e. The van der Waals surface area contributed by atoms with E-state index in [1.54, 1.807) is 0 Å². The number of piperidine rings is 1. The number of carbonyl (C=O) groups excluding carboxylic acids is 1. The zero-order valence-electron chi connectivity index (χ0n) is 10.6. The van der Waals surface area contributed by atoms with Crippen molar-refractivity contribution in [1.82, 2.24) is 15.4 Å². The topological polar surface area (TPSA) is 100 Å². The summed E-state index contributed by atoms with van der Waals surface area (Å²) in [6, 6.07) is 2.67. The molecule has 1 saturated heterocycles. The van der Waals surface area contributed by atoms with E-state index in [0.717, 1.165) is 19.4 Å². The Balaban J connectivity index is 2.04. The second kappa shape index (κ2) is 5.72. The normalized spacial score (nSPS) is 20.2. The van der Waals surface area contributed by atoms with Gasteiger partial charge in [-0.3, -0.25) is 4.79 Å². The van der Waals surface area contributed by atoms with E-state index in [-0.39, 0.29) is 16.9 Å². The molecule has 0 spiro atoms. The first-order valence-electron chi connectivity index (χ1n) is 6.08. The van der Waals surface area contributed by atoms with Gasteiger partial charge in [-0.05, 0) is 38.6 Å². The minimum atomic E-state index is -3.65. The predicted molar refractivity (Wildman–Crippen MR) is 68.3 cm³/mol. The first kappa shape index (κ1) is 14.0. The number of rotatable bonds is 4. The largest absolute Gasteiger partial charge is 0.438 e. The minimum absolute atomic E-state index is 0.000557. The second-order valence-electron chi connectivity index (χ2n) is 4.34. The molecule has 8 heteroatoms. The van der Waals surface area contributed by atoms with Gasteiger partial charge in [-0.1, -0.05) is 0 Å². The van der Waals surface area contributed by atoms with Crippen LogP contribution in [0.2, 0.25) is 0 Å². The fourth-order valence-corrected chi connectivity index (χ4v) is 2.57. The van der Waals surface area contributed by atoms with E-state index in [1.807, 2.05) is 0 Å². The van der Waals surface area contributed by atoms with Crippen LogP contribution in [0.15, 0.2) is 21.6 Å². The van der Waals surface area contributed by atoms with E-state index < -0.39 is 15.9 Å². The van der Waals surface area contributed by atoms with Crippen LogP contribution in [0, 0.1) is 0 Å². The summed E-state index contributed by atoms with van der Waals surface area (Å²) < 4.78 is 30.1. The van der Waals surface area contributed by atoms with Gasteiger partial charge in [0.05, 0.1) is 0 Å². The SMILES string of the molecule is CNS(=O)(=O)c1ccc(C(=O)N[C@H]2CCCNC2)o1. The molecule has 106 valence electrons. The van der Waals surface area contributed by atoms with Crippen LogP contribution in [-0.2, 0) is 10.0 Å². The maximum atomic E-state index is 11.9. The summed E-state index contributed by atoms with van der Waals surface area (Å²) in [7, 11) is -2.37. The molecule has 1 aromatic heterocycles. The van der Waals surface area contributed by atoms with Gasteiger partial charge in [0.15, 0.2) is 5.76 Å². The van der Waals surface area contributed by atoms with E-state index in [0.29, 0.717) is 6.54 Å². The summed E-state index contributed by atoms with van der Waals surface area (Å²) in [6.07, 6.45) is 1.91. The van der Waals surface area contributed by atoms with E-state index >= 15 is 0 Å². The smallest absolute Gasteiger partial charge is 0.287 e. The maximum Gasteiger partial charge on any atom is 0.287 e. The molecular weight excluding hydrogens is 270 g/mol. The van der Waals surface area contributed by atoms with Crippen molar-refractivity contribution in [3.63, 3.8) is 0 Å². The fourth-order valence-electron chi connectivity index (χ4n) is 1.92. The monoisotopic (exact) mass is 287 g/mol. The molecule has 0 saturated carbocycles. The molecule has 2 rings (SSSR count). The van der Waals surface area contributed by atoms with Crippen molar-refractivity contribution in [1.29, 1.82) is 0 Å². The van der Waals surface area contributed by atoms with Crippen LogP contribution in [-0.4, -0.2) is 40.5 Å². The molecule has 0 aliphatic carbocycles. The quantitative estimate of drug-likeness (QED) is 0.704. The molecule has 0 bridgehead atoms. The lowest BCUT2D eigenvalue weighted by Gasteiger charge is -2.23. The van der Waals surface area contributed by atoms with E-state index in [1.165, 1.54) is 19.2 Å². The molecular formula is C11H17N3O4S. The summed E-state index contributed by atoms with van der Waals surface area (Å²) in [5, 5.41) is 5.72. The van der Waals surface area contributed by atoms with E-state index in [2.05, 4.69) is 15.4 Å². The number of carbonyl (C=O) groups is 1. The Hall–Kier alpha value is -1.38. The molecule has 1 fully saturated rings. The van der Waals surface area contributed by atoms with Crippen LogP contribution < -0.4 is 15.4 Å². The van der Waals surface area contributed by atoms with Crippen LogP contribution in [0.4, 0.5) is 0 Å². The van der Waals surface area contributed by atoms with Crippen LogP contribution >= 0.6 is 0 Å². The molecule has 1 atom stereocenters. The highest BCUT2D eigenvalue weighted by molar-refractivity contribution is 7.89. The number of hydrogen-bond acceptors (Lipinski definition) is 5. The molecule has 2 heterocycles. The van der Waals surface area contributed by atoms with Gasteiger partial charge >= 0.3 is 0 Å². The zero-order valence-corrected chi connectivity index (χ0v) is 11.4. The molecule has 19 heavy (non-hydrogen) atoms. The predicted octanol–water partition coefficient (Wildman–Crippen LogP) is -0.330. The van der Waals surface area contributed by atoms with Gasteiger partial charge in [0.2, 0.25) is 5.09 Å². The maximum absolute atomic E-state index is 11.9. The van der Waals surface area contributed by atoms with Gasteiger partial charge in [-0.25, -0.2) is 13.1 Å². The zero-order chi connectivity index (χ0) is 13.9. The Bertz CT molecular complexity index is 546. The lowest BCUT2D eigenvalue weighted by Crippen LogP contribution is -2.45. The van der Waals surface area contributed by atoms with Crippen molar-refractivity contribution in [2.24, 2.45) is 0 Å². The van der Waals surface area contributed by atoms with Gasteiger partial charge in [-0.15, -0.1) is 0 Å². The molecule has 0 unspecified atom stereocenters. The van der Waals surface area contributed by atoms with Crippen LogP contribution in [0.1, 0.15) is 23.4 Å². The molecule has 1 amide bonds. The average molecular weight is 287 g/mol. The molecule has 3 N–H and O–H groups in total. The highest BCUT2D eigenvalue weighted by atomic mass is 32.2. The van der Waals surface area contributed by atoms with Gasteiger partial charge < -0.3 is 15.1 Å². The standard InChI is InChI=1S/C11H17N3O4S/c1-12-19(16,17)10-5-4-9(18-10)11(15)14-8-3-2-6-13-7-8/h4-5,8,12-13H,2-3,6-7H2,1H3,(H,14,15)/t8-/m0/s1. The number of sulfonamides is 1. The molecule has 1 aliphatic rings. The summed E-state index contributed by atoms with van der Waals surface area (Å²) >= 11 is 0. The van der Waals surface area contributed by atoms with Crippen molar-refractivity contribution >= 4 is 15.9 Å². The van der Waals surface area contributed by atoms with Crippen molar-refractivity contribution < 1.29 is 17.6 Å². The molecule has 0 aromatic carbocycles. The number of hydrogen-bond donors (Lipinski definition) is 3. The van der Waals surface area contributed by atoms with Crippen molar-refractivity contribution in [2.45, 2.75) is 24.0 Å². The number of nitrogens with one attached hydrogen (secondary N) is 3. The Morgan fingerprint density at radius 3 is 2.89 bits per heavy atom. The Kier molecular flexibility index (Phi) is 4.23. The first-order chi connectivity index (χ1) is 9.03. The van der Waals surface area contributed by atoms with Crippen molar-refractivity contribution in [2.75, 3.05) is 20.1 Å². The Morgan fingerprint density at radius 2 is 2.26 bits per heavy atom. The average Bonchev–Trinajstić information content (AvgIpc) is 2.90. The molecule has 1 aliphatic heterocycles. The highest BCUT2D eigenvalue weighted by Crippen LogP contribution is 2.14. The highest BCUT2D eigenvalue weighted by Gasteiger charge is 2.22. The summed E-state index contributed by atoms with van der Waals surface area (Å²) in [4.78, 5) is 11.9. The Morgan fingerprint density at radius 1 is 1.47 bits per heavy atom. The molecule has 0 radical (unpaired) electrons. The fraction of sp³-hybridized carbons (Fsp3) is 0.545. The van der Waals surface area contributed by atoms with Crippen molar-refractivity contribution in [3.05, 3.63) is 17.9 Å². The van der Waals surface area contributed by atoms with Crippen LogP contribution in [0.3, 0.4) is 0 Å². The lowest BCUT2D eigenvalue weighted by molar-refractivity contribution is 0.0897. The third kappa shape index (κ3) is 3.34. The van der Waals surface area contributed by atoms with Crippen LogP contribution in [0.5, 0.6) is 0 Å². The summed E-state index contributed by atoms with van der Waals surface area (Å²) in [5.41, 5.74) is 0. The first-order valence-corrected chi connectivity index (χ1v) is 7.56. The third-order valence-electron chi connectivity index (χ3n) is 2.97. The molecule has 1 aromatic rings. The Labute approximate surface area is 111 Å². The number of amides is 1. The van der Waals surface area contributed by atoms with Crippen molar-refractivity contribution in [3.8, 4) is 0 Å². The molecule has 7 nitrogen and oxygen atoms in total. The summed E-state index contributed by atoms with van der Waals surface area (Å²) in [5.74, 6) is -0.398. The lowest BCUT2D eigenvalue weighted by atomic mass is 10.1. The third-order valence-corrected chi connectivity index (χ3v) is 4.26. The second-order valence-corrected chi connectivity index (χ2v) is 6.16. The van der Waals surface area contributed by atoms with Gasteiger partial charge in [0, 0.05) is 12.6 Å². The summed E-state index contributed by atoms with van der Waals surface area (Å²) in [6.45, 7) is 1.67. The van der Waals surface area contributed by atoms with E-state index in [9.17, 15) is 13.2 Å². The number of furan rings is 1. The van der Waals surface area contributed by atoms with Gasteiger partial charge in [0.25, 0.3) is 15.9 Å². The van der Waals surface area contributed by atoms with Crippen LogP contribution in [0.25, 0.3) is 0 Å². The van der Waals surface area contributed by atoms with Gasteiger partial charge in [-0.2, -0.15) is 0 Å². The van der Waals surface area contributed by atoms with E-state index in [4.69, 9.17) is 4.42 Å².